The van der Waals surface area contributed by atoms with Gasteiger partial charge in [-0.3, -0.25) is 14.5 Å². The summed E-state index contributed by atoms with van der Waals surface area (Å²) in [5.41, 5.74) is 0.758. The average Bonchev–Trinajstić information content (AvgIpc) is 2.98. The summed E-state index contributed by atoms with van der Waals surface area (Å²) in [7, 11) is 0. The molecule has 1 aromatic carbocycles. The van der Waals surface area contributed by atoms with E-state index >= 15 is 0 Å². The van der Waals surface area contributed by atoms with Crippen LogP contribution in [0, 0.1) is 5.82 Å². The van der Waals surface area contributed by atoms with E-state index in [1.54, 1.807) is 12.1 Å². The summed E-state index contributed by atoms with van der Waals surface area (Å²) in [6.45, 7) is 1.30. The van der Waals surface area contributed by atoms with E-state index in [1.165, 1.54) is 12.1 Å². The van der Waals surface area contributed by atoms with Gasteiger partial charge in [0.05, 0.1) is 12.6 Å². The Morgan fingerprint density at radius 1 is 1.42 bits per heavy atom. The Kier molecular flexibility index (Phi) is 8.67. The molecule has 1 aromatic rings. The third kappa shape index (κ3) is 7.25. The molecule has 0 saturated carbocycles. The first kappa shape index (κ1) is 20.3. The second-order valence-corrected chi connectivity index (χ2v) is 5.61. The molecule has 6 nitrogen and oxygen atoms in total. The lowest BCUT2D eigenvalue weighted by Gasteiger charge is -2.24. The Morgan fingerprint density at radius 3 is 2.83 bits per heavy atom. The van der Waals surface area contributed by atoms with Crippen LogP contribution in [0.5, 0.6) is 0 Å². The predicted molar refractivity (Wildman–Crippen MR) is 88.5 cm³/mol. The summed E-state index contributed by atoms with van der Waals surface area (Å²) in [6.07, 6.45) is 1.97. The highest BCUT2D eigenvalue weighted by Gasteiger charge is 2.21. The van der Waals surface area contributed by atoms with E-state index in [2.05, 4.69) is 5.32 Å². The molecule has 1 saturated heterocycles. The molecule has 0 bridgehead atoms. The number of aliphatic carboxylic acids is 1. The Hall–Kier alpha value is -1.70. The van der Waals surface area contributed by atoms with Gasteiger partial charge < -0.3 is 15.2 Å². The van der Waals surface area contributed by atoms with Crippen LogP contribution in [0.25, 0.3) is 0 Å². The van der Waals surface area contributed by atoms with Gasteiger partial charge in [0.1, 0.15) is 12.4 Å². The minimum atomic E-state index is -1.09. The number of halogens is 2. The zero-order chi connectivity index (χ0) is 16.7. The van der Waals surface area contributed by atoms with Crippen molar-refractivity contribution in [2.75, 3.05) is 26.2 Å². The molecule has 1 aliphatic heterocycles. The fourth-order valence-electron chi connectivity index (χ4n) is 2.59. The Morgan fingerprint density at radius 2 is 2.21 bits per heavy atom. The van der Waals surface area contributed by atoms with E-state index < -0.39 is 12.5 Å². The van der Waals surface area contributed by atoms with Crippen molar-refractivity contribution in [3.8, 4) is 0 Å². The quantitative estimate of drug-likeness (QED) is 0.733. The Balaban J connectivity index is 0.00000288. The average molecular weight is 361 g/mol. The van der Waals surface area contributed by atoms with Crippen molar-refractivity contribution >= 4 is 24.3 Å². The number of nitrogens with one attached hydrogen (secondary N) is 1. The first-order chi connectivity index (χ1) is 11.0. The van der Waals surface area contributed by atoms with Gasteiger partial charge in [0, 0.05) is 19.7 Å². The molecular formula is C16H22ClFN2O4. The molecule has 0 aromatic heterocycles. The smallest absolute Gasteiger partial charge is 0.322 e. The van der Waals surface area contributed by atoms with Crippen molar-refractivity contribution in [1.29, 1.82) is 0 Å². The minimum Gasteiger partial charge on any atom is -0.480 e. The largest absolute Gasteiger partial charge is 0.480 e. The van der Waals surface area contributed by atoms with E-state index in [9.17, 15) is 14.0 Å². The molecule has 1 aliphatic rings. The lowest BCUT2D eigenvalue weighted by molar-refractivity contribution is -0.138. The first-order valence-electron chi connectivity index (χ1n) is 7.60. The van der Waals surface area contributed by atoms with Crippen LogP contribution in [-0.4, -0.2) is 54.2 Å². The topological polar surface area (TPSA) is 78.9 Å². The van der Waals surface area contributed by atoms with E-state index in [0.29, 0.717) is 19.7 Å². The maximum atomic E-state index is 13.3. The predicted octanol–water partition coefficient (Wildman–Crippen LogP) is 1.43. The van der Waals surface area contributed by atoms with E-state index in [4.69, 9.17) is 9.84 Å². The van der Waals surface area contributed by atoms with Gasteiger partial charge in [0.2, 0.25) is 5.91 Å². The molecule has 134 valence electrons. The standard InChI is InChI=1S/C16H21FN2O4.ClH/c17-13-4-1-3-12(7-13)9-19(10-14-5-2-6-23-14)11-15(20)18-8-16(21)22;/h1,3-4,7,14H,2,5-6,8-11H2,(H,18,20)(H,21,22);1H. The number of carboxylic acid groups (broad SMARTS) is 1. The number of carbonyl (C=O) groups is 2. The second kappa shape index (κ2) is 10.2. The van der Waals surface area contributed by atoms with Gasteiger partial charge >= 0.3 is 5.97 Å². The molecule has 8 heteroatoms. The van der Waals surface area contributed by atoms with E-state index in [-0.39, 0.29) is 36.8 Å². The van der Waals surface area contributed by atoms with Crippen LogP contribution in [0.1, 0.15) is 18.4 Å². The number of hydrogen-bond acceptors (Lipinski definition) is 4. The van der Waals surface area contributed by atoms with Gasteiger partial charge in [-0.15, -0.1) is 12.4 Å². The van der Waals surface area contributed by atoms with Gasteiger partial charge in [0.15, 0.2) is 0 Å². The fraction of sp³-hybridized carbons (Fsp3) is 0.500. The maximum Gasteiger partial charge on any atom is 0.322 e. The Labute approximate surface area is 146 Å². The van der Waals surface area contributed by atoms with Crippen molar-refractivity contribution in [3.05, 3.63) is 35.6 Å². The van der Waals surface area contributed by atoms with Crippen LogP contribution in [0.4, 0.5) is 4.39 Å². The molecule has 1 atom stereocenters. The van der Waals surface area contributed by atoms with Crippen LogP contribution in [0.15, 0.2) is 24.3 Å². The normalized spacial score (nSPS) is 16.7. The van der Waals surface area contributed by atoms with Crippen molar-refractivity contribution in [2.45, 2.75) is 25.5 Å². The fourth-order valence-corrected chi connectivity index (χ4v) is 2.59. The highest BCUT2D eigenvalue weighted by atomic mass is 35.5. The number of rotatable bonds is 8. The van der Waals surface area contributed by atoms with Gasteiger partial charge in [-0.2, -0.15) is 0 Å². The zero-order valence-electron chi connectivity index (χ0n) is 13.2. The molecule has 2 rings (SSSR count). The van der Waals surface area contributed by atoms with Crippen LogP contribution in [-0.2, 0) is 20.9 Å². The number of amides is 1. The molecular weight excluding hydrogens is 339 g/mol. The van der Waals surface area contributed by atoms with Crippen LogP contribution in [0.2, 0.25) is 0 Å². The second-order valence-electron chi connectivity index (χ2n) is 5.61. The summed E-state index contributed by atoms with van der Waals surface area (Å²) in [5, 5.41) is 10.9. The molecule has 1 fully saturated rings. The molecule has 1 amide bonds. The molecule has 2 N–H and O–H groups in total. The van der Waals surface area contributed by atoms with Crippen molar-refractivity contribution in [3.63, 3.8) is 0 Å². The van der Waals surface area contributed by atoms with Gasteiger partial charge in [-0.1, -0.05) is 12.1 Å². The number of carbonyl (C=O) groups excluding carboxylic acids is 1. The SMILES string of the molecule is Cl.O=C(O)CNC(=O)CN(Cc1cccc(F)c1)CC1CCCO1. The van der Waals surface area contributed by atoms with E-state index in [0.717, 1.165) is 18.4 Å². The maximum absolute atomic E-state index is 13.3. The number of nitrogens with zero attached hydrogens (tertiary/aromatic N) is 1. The van der Waals surface area contributed by atoms with Gasteiger partial charge in [-0.25, -0.2) is 4.39 Å². The summed E-state index contributed by atoms with van der Waals surface area (Å²) in [6, 6.07) is 6.21. The number of benzene rings is 1. The highest BCUT2D eigenvalue weighted by molar-refractivity contribution is 5.85. The summed E-state index contributed by atoms with van der Waals surface area (Å²) in [4.78, 5) is 24.2. The molecule has 1 unspecified atom stereocenters. The first-order valence-corrected chi connectivity index (χ1v) is 7.60. The van der Waals surface area contributed by atoms with Crippen LogP contribution >= 0.6 is 12.4 Å². The molecule has 0 spiro atoms. The van der Waals surface area contributed by atoms with Crippen LogP contribution < -0.4 is 5.32 Å². The lowest BCUT2D eigenvalue weighted by Crippen LogP contribution is -2.41. The summed E-state index contributed by atoms with van der Waals surface area (Å²) >= 11 is 0. The third-order valence-electron chi connectivity index (χ3n) is 3.59. The molecule has 24 heavy (non-hydrogen) atoms. The van der Waals surface area contributed by atoms with E-state index in [1.807, 2.05) is 4.90 Å². The zero-order valence-corrected chi connectivity index (χ0v) is 14.1. The monoisotopic (exact) mass is 360 g/mol. The highest BCUT2D eigenvalue weighted by Crippen LogP contribution is 2.15. The van der Waals surface area contributed by atoms with Crippen LogP contribution in [0.3, 0.4) is 0 Å². The third-order valence-corrected chi connectivity index (χ3v) is 3.59. The molecule has 1 heterocycles. The number of ether oxygens (including phenoxy) is 1. The van der Waals surface area contributed by atoms with Crippen molar-refractivity contribution in [2.24, 2.45) is 0 Å². The van der Waals surface area contributed by atoms with Crippen molar-refractivity contribution in [1.82, 2.24) is 10.2 Å². The number of hydrogen-bond donors (Lipinski definition) is 2. The summed E-state index contributed by atoms with van der Waals surface area (Å²) < 4.78 is 18.9. The number of carboxylic acids is 1. The molecule has 0 aliphatic carbocycles. The summed E-state index contributed by atoms with van der Waals surface area (Å²) in [5.74, 6) is -1.79. The molecule has 0 radical (unpaired) electrons. The van der Waals surface area contributed by atoms with Crippen molar-refractivity contribution < 1.29 is 23.8 Å². The van der Waals surface area contributed by atoms with Gasteiger partial charge in [-0.05, 0) is 30.5 Å². The minimum absolute atomic E-state index is 0. The van der Waals surface area contributed by atoms with Gasteiger partial charge in [0.25, 0.3) is 0 Å². The Bertz CT molecular complexity index is 553. The lowest BCUT2D eigenvalue weighted by atomic mass is 10.1.